The molecule has 0 bridgehead atoms. The van der Waals surface area contributed by atoms with E-state index in [0.29, 0.717) is 0 Å². The molecule has 3 aromatic rings. The van der Waals surface area contributed by atoms with Crippen molar-refractivity contribution in [1.29, 1.82) is 0 Å². The number of fused-ring (bicyclic) bond motifs is 1. The molecule has 0 atom stereocenters. The molecule has 2 heterocycles. The van der Waals surface area contributed by atoms with Gasteiger partial charge in [0, 0.05) is 23.4 Å². The van der Waals surface area contributed by atoms with Crippen LogP contribution in [0.4, 0.5) is 5.13 Å². The second-order valence-corrected chi connectivity index (χ2v) is 6.99. The molecule has 110 valence electrons. The van der Waals surface area contributed by atoms with Crippen LogP contribution in [0.2, 0.25) is 0 Å². The van der Waals surface area contributed by atoms with Gasteiger partial charge in [0.25, 0.3) is 0 Å². The van der Waals surface area contributed by atoms with Crippen molar-refractivity contribution in [3.8, 4) is 0 Å². The number of rotatable bonds is 6. The minimum absolute atomic E-state index is 0.893. The van der Waals surface area contributed by atoms with Crippen LogP contribution in [0.1, 0.15) is 23.8 Å². The molecule has 0 aliphatic rings. The van der Waals surface area contributed by atoms with Crippen molar-refractivity contribution in [2.24, 2.45) is 0 Å². The number of benzene rings is 1. The van der Waals surface area contributed by atoms with Crippen molar-refractivity contribution in [1.82, 2.24) is 15.0 Å². The van der Waals surface area contributed by atoms with Crippen LogP contribution in [0.5, 0.6) is 0 Å². The van der Waals surface area contributed by atoms with E-state index in [2.05, 4.69) is 52.3 Å². The monoisotopic (exact) mass is 318 g/mol. The summed E-state index contributed by atoms with van der Waals surface area (Å²) in [5.41, 5.74) is 3.38. The summed E-state index contributed by atoms with van der Waals surface area (Å²) in [6.45, 7) is 5.22. The van der Waals surface area contributed by atoms with Gasteiger partial charge in [-0.3, -0.25) is 0 Å². The lowest BCUT2D eigenvalue weighted by atomic mass is 10.2. The molecule has 6 heteroatoms. The molecule has 0 saturated carbocycles. The second kappa shape index (κ2) is 6.49. The molecule has 0 radical (unpaired) electrons. The van der Waals surface area contributed by atoms with Crippen molar-refractivity contribution < 1.29 is 0 Å². The molecular weight excluding hydrogens is 300 g/mol. The van der Waals surface area contributed by atoms with Gasteiger partial charge in [-0.2, -0.15) is 0 Å². The van der Waals surface area contributed by atoms with Crippen molar-refractivity contribution >= 4 is 39.3 Å². The maximum Gasteiger partial charge on any atom is 0.182 e. The first-order valence-corrected chi connectivity index (χ1v) is 8.82. The van der Waals surface area contributed by atoms with Crippen molar-refractivity contribution in [3.63, 3.8) is 0 Å². The molecule has 4 nitrogen and oxygen atoms in total. The Morgan fingerprint density at radius 1 is 1.38 bits per heavy atom. The number of H-pyrrole nitrogens is 1. The fourth-order valence-corrected chi connectivity index (χ4v) is 3.74. The summed E-state index contributed by atoms with van der Waals surface area (Å²) < 4.78 is 0. The van der Waals surface area contributed by atoms with Gasteiger partial charge in [-0.15, -0.1) is 11.3 Å². The molecule has 3 rings (SSSR count). The predicted octanol–water partition coefficient (Wildman–Crippen LogP) is 4.44. The van der Waals surface area contributed by atoms with Crippen LogP contribution in [0.25, 0.3) is 11.0 Å². The van der Waals surface area contributed by atoms with E-state index in [9.17, 15) is 0 Å². The predicted molar refractivity (Wildman–Crippen MR) is 91.3 cm³/mol. The van der Waals surface area contributed by atoms with Crippen LogP contribution in [-0.2, 0) is 5.75 Å². The highest BCUT2D eigenvalue weighted by atomic mass is 32.2. The van der Waals surface area contributed by atoms with Gasteiger partial charge in [0.1, 0.15) is 0 Å². The SMILES string of the molecule is CCCNc1ncc(CSc2nc3ccc(C)cc3[nH]2)s1. The van der Waals surface area contributed by atoms with Crippen LogP contribution in [0.15, 0.2) is 29.6 Å². The number of anilines is 1. The Hall–Kier alpha value is -1.53. The topological polar surface area (TPSA) is 53.6 Å². The third-order valence-electron chi connectivity index (χ3n) is 3.05. The number of hydrogen-bond donors (Lipinski definition) is 2. The number of nitrogens with zero attached hydrogens (tertiary/aromatic N) is 2. The molecule has 0 unspecified atom stereocenters. The zero-order valence-corrected chi connectivity index (χ0v) is 13.8. The fraction of sp³-hybridized carbons (Fsp3) is 0.333. The number of thioether (sulfide) groups is 1. The molecule has 1 aromatic carbocycles. The Labute approximate surface area is 132 Å². The van der Waals surface area contributed by atoms with Gasteiger partial charge < -0.3 is 10.3 Å². The van der Waals surface area contributed by atoms with E-state index < -0.39 is 0 Å². The first-order valence-electron chi connectivity index (χ1n) is 7.02. The lowest BCUT2D eigenvalue weighted by molar-refractivity contribution is 0.976. The minimum atomic E-state index is 0.893. The zero-order valence-electron chi connectivity index (χ0n) is 12.1. The molecule has 0 spiro atoms. The fourth-order valence-electron chi connectivity index (χ4n) is 2.00. The van der Waals surface area contributed by atoms with Crippen LogP contribution in [0, 0.1) is 6.92 Å². The van der Waals surface area contributed by atoms with Gasteiger partial charge in [-0.25, -0.2) is 9.97 Å². The molecule has 0 fully saturated rings. The highest BCUT2D eigenvalue weighted by Gasteiger charge is 2.06. The van der Waals surface area contributed by atoms with Gasteiger partial charge in [0.15, 0.2) is 10.3 Å². The van der Waals surface area contributed by atoms with E-state index in [4.69, 9.17) is 0 Å². The van der Waals surface area contributed by atoms with Crippen LogP contribution in [-0.4, -0.2) is 21.5 Å². The smallest absolute Gasteiger partial charge is 0.182 e. The van der Waals surface area contributed by atoms with Gasteiger partial charge in [0.2, 0.25) is 0 Å². The minimum Gasteiger partial charge on any atom is -0.362 e. The summed E-state index contributed by atoms with van der Waals surface area (Å²) in [7, 11) is 0. The molecule has 0 aliphatic carbocycles. The lowest BCUT2D eigenvalue weighted by Crippen LogP contribution is -1.97. The maximum absolute atomic E-state index is 4.60. The highest BCUT2D eigenvalue weighted by Crippen LogP contribution is 2.27. The molecule has 0 aliphatic heterocycles. The number of aryl methyl sites for hydroxylation is 1. The lowest BCUT2D eigenvalue weighted by Gasteiger charge is -1.97. The Kier molecular flexibility index (Phi) is 4.45. The number of aromatic nitrogens is 3. The molecule has 2 aromatic heterocycles. The largest absolute Gasteiger partial charge is 0.362 e. The first kappa shape index (κ1) is 14.4. The van der Waals surface area contributed by atoms with Gasteiger partial charge in [-0.1, -0.05) is 24.8 Å². The van der Waals surface area contributed by atoms with Gasteiger partial charge in [-0.05, 0) is 31.0 Å². The number of aromatic amines is 1. The van der Waals surface area contributed by atoms with E-state index in [1.165, 1.54) is 10.4 Å². The first-order chi connectivity index (χ1) is 10.2. The standard InChI is InChI=1S/C15H18N4S2/c1-3-6-16-14-17-8-11(21-14)9-20-15-18-12-5-4-10(2)7-13(12)19-15/h4-5,7-8H,3,6,9H2,1-2H3,(H,16,17)(H,18,19). The Morgan fingerprint density at radius 3 is 3.14 bits per heavy atom. The van der Waals surface area contributed by atoms with E-state index in [0.717, 1.165) is 40.0 Å². The van der Waals surface area contributed by atoms with Crippen molar-refractivity contribution in [2.45, 2.75) is 31.2 Å². The molecular formula is C15H18N4S2. The van der Waals surface area contributed by atoms with Crippen LogP contribution >= 0.6 is 23.1 Å². The highest BCUT2D eigenvalue weighted by molar-refractivity contribution is 7.98. The third-order valence-corrected chi connectivity index (χ3v) is 5.11. The summed E-state index contributed by atoms with van der Waals surface area (Å²) in [5.74, 6) is 0.893. The number of nitrogens with one attached hydrogen (secondary N) is 2. The summed E-state index contributed by atoms with van der Waals surface area (Å²) in [6, 6.07) is 6.28. The average molecular weight is 318 g/mol. The van der Waals surface area contributed by atoms with Gasteiger partial charge >= 0.3 is 0 Å². The van der Waals surface area contributed by atoms with Crippen molar-refractivity contribution in [3.05, 3.63) is 34.8 Å². The van der Waals surface area contributed by atoms with E-state index in [-0.39, 0.29) is 0 Å². The van der Waals surface area contributed by atoms with Crippen LogP contribution in [0.3, 0.4) is 0 Å². The normalized spacial score (nSPS) is 11.1. The number of thiazole rings is 1. The summed E-state index contributed by atoms with van der Waals surface area (Å²) in [6.07, 6.45) is 3.06. The maximum atomic E-state index is 4.60. The molecule has 0 saturated heterocycles. The number of hydrogen-bond acceptors (Lipinski definition) is 5. The number of imidazole rings is 1. The van der Waals surface area contributed by atoms with E-state index in [1.54, 1.807) is 23.1 Å². The molecule has 2 N–H and O–H groups in total. The summed E-state index contributed by atoms with van der Waals surface area (Å²) >= 11 is 3.43. The zero-order chi connectivity index (χ0) is 14.7. The van der Waals surface area contributed by atoms with Crippen molar-refractivity contribution in [2.75, 3.05) is 11.9 Å². The molecule has 0 amide bonds. The third kappa shape index (κ3) is 3.57. The Bertz CT molecular complexity index is 732. The Morgan fingerprint density at radius 2 is 2.29 bits per heavy atom. The van der Waals surface area contributed by atoms with Gasteiger partial charge in [0.05, 0.1) is 11.0 Å². The second-order valence-electron chi connectivity index (χ2n) is 4.91. The Balaban J connectivity index is 1.64. The summed E-state index contributed by atoms with van der Waals surface area (Å²) in [5, 5.41) is 5.29. The van der Waals surface area contributed by atoms with Crippen LogP contribution < -0.4 is 5.32 Å². The quantitative estimate of drug-likeness (QED) is 0.660. The average Bonchev–Trinajstić information content (AvgIpc) is 3.08. The molecule has 21 heavy (non-hydrogen) atoms. The van der Waals surface area contributed by atoms with E-state index >= 15 is 0 Å². The van der Waals surface area contributed by atoms with E-state index in [1.807, 2.05) is 6.20 Å². The summed E-state index contributed by atoms with van der Waals surface area (Å²) in [4.78, 5) is 13.6.